The van der Waals surface area contributed by atoms with Crippen LogP contribution in [0.25, 0.3) is 0 Å². The molecule has 0 aliphatic heterocycles. The van der Waals surface area contributed by atoms with Gasteiger partial charge in [0.25, 0.3) is 0 Å². The summed E-state index contributed by atoms with van der Waals surface area (Å²) in [4.78, 5) is 2.01. The Hall–Kier alpha value is -0.830. The maximum absolute atomic E-state index is 11.9. The van der Waals surface area contributed by atoms with Gasteiger partial charge in [0.2, 0.25) is 0 Å². The van der Waals surface area contributed by atoms with E-state index in [2.05, 4.69) is 0 Å². The van der Waals surface area contributed by atoms with Gasteiger partial charge in [-0.05, 0) is 17.7 Å². The first-order valence-electron chi connectivity index (χ1n) is 4.97. The van der Waals surface area contributed by atoms with Crippen LogP contribution in [0.1, 0.15) is 5.56 Å². The van der Waals surface area contributed by atoms with Crippen LogP contribution >= 0.6 is 7.60 Å². The Morgan fingerprint density at radius 2 is 1.62 bits per heavy atom. The molecule has 0 amide bonds. The van der Waals surface area contributed by atoms with E-state index in [4.69, 9.17) is 9.05 Å². The summed E-state index contributed by atoms with van der Waals surface area (Å²) >= 11 is 0. The maximum Gasteiger partial charge on any atom is 0.334 e. The van der Waals surface area contributed by atoms with Crippen molar-refractivity contribution in [3.8, 4) is 0 Å². The number of hydrogen-bond acceptors (Lipinski definition) is 4. The zero-order valence-corrected chi connectivity index (χ0v) is 11.0. The maximum atomic E-state index is 11.9. The molecule has 0 aromatic heterocycles. The van der Waals surface area contributed by atoms with Gasteiger partial charge < -0.3 is 13.9 Å². The molecule has 5 heteroatoms. The fourth-order valence-corrected chi connectivity index (χ4v) is 2.39. The molecule has 0 saturated carbocycles. The van der Waals surface area contributed by atoms with E-state index in [-0.39, 0.29) is 0 Å². The van der Waals surface area contributed by atoms with Crippen LogP contribution in [-0.2, 0) is 19.8 Å². The molecule has 1 rings (SSSR count). The van der Waals surface area contributed by atoms with Crippen LogP contribution in [0.3, 0.4) is 0 Å². The molecule has 16 heavy (non-hydrogen) atoms. The molecule has 1 aromatic rings. The van der Waals surface area contributed by atoms with Crippen LogP contribution in [0.2, 0.25) is 0 Å². The van der Waals surface area contributed by atoms with E-state index < -0.39 is 7.60 Å². The quantitative estimate of drug-likeness (QED) is 0.745. The van der Waals surface area contributed by atoms with Crippen LogP contribution in [-0.4, -0.2) is 28.3 Å². The van der Waals surface area contributed by atoms with Gasteiger partial charge in [0.1, 0.15) is 0 Å². The molecule has 0 bridgehead atoms. The number of anilines is 1. The molecule has 1 aromatic carbocycles. The van der Waals surface area contributed by atoms with Crippen LogP contribution in [0.5, 0.6) is 0 Å². The minimum absolute atomic E-state index is 0.299. The smallest absolute Gasteiger partial charge is 0.334 e. The van der Waals surface area contributed by atoms with Gasteiger partial charge in [0, 0.05) is 34.0 Å². The Kier molecular flexibility index (Phi) is 4.54. The molecular formula is C11H18NO3P. The summed E-state index contributed by atoms with van der Waals surface area (Å²) in [7, 11) is 3.80. The van der Waals surface area contributed by atoms with Gasteiger partial charge in [0.15, 0.2) is 0 Å². The van der Waals surface area contributed by atoms with Crippen molar-refractivity contribution < 1.29 is 13.6 Å². The molecule has 0 N–H and O–H groups in total. The van der Waals surface area contributed by atoms with Crippen LogP contribution < -0.4 is 4.90 Å². The highest BCUT2D eigenvalue weighted by Gasteiger charge is 2.21. The third kappa shape index (κ3) is 3.34. The Labute approximate surface area is 96.7 Å². The molecule has 4 nitrogen and oxygen atoms in total. The summed E-state index contributed by atoms with van der Waals surface area (Å²) in [6.07, 6.45) is 0.299. The van der Waals surface area contributed by atoms with Gasteiger partial charge in [0.05, 0.1) is 6.16 Å². The zero-order chi connectivity index (χ0) is 12.2. The number of hydrogen-bond donors (Lipinski definition) is 0. The van der Waals surface area contributed by atoms with Gasteiger partial charge >= 0.3 is 7.60 Å². The molecule has 0 aliphatic rings. The van der Waals surface area contributed by atoms with E-state index >= 15 is 0 Å². The molecule has 0 atom stereocenters. The lowest BCUT2D eigenvalue weighted by Crippen LogP contribution is -2.08. The molecule has 0 fully saturated rings. The van der Waals surface area contributed by atoms with Gasteiger partial charge in [-0.2, -0.15) is 0 Å². The third-order valence-corrected chi connectivity index (χ3v) is 4.25. The molecule has 0 radical (unpaired) electrons. The second-order valence-electron chi connectivity index (χ2n) is 3.70. The highest BCUT2D eigenvalue weighted by molar-refractivity contribution is 7.52. The summed E-state index contributed by atoms with van der Waals surface area (Å²) in [5.74, 6) is 0. The number of rotatable bonds is 5. The Bertz CT molecular complexity index is 367. The van der Waals surface area contributed by atoms with Crippen molar-refractivity contribution in [2.45, 2.75) is 6.16 Å². The summed E-state index contributed by atoms with van der Waals surface area (Å²) in [6, 6.07) is 7.82. The van der Waals surface area contributed by atoms with Crippen molar-refractivity contribution >= 4 is 13.3 Å². The lowest BCUT2D eigenvalue weighted by Gasteiger charge is -2.15. The average molecular weight is 243 g/mol. The predicted octanol–water partition coefficient (Wildman–Crippen LogP) is 2.74. The van der Waals surface area contributed by atoms with Crippen molar-refractivity contribution in [1.29, 1.82) is 0 Å². The Balaban J connectivity index is 2.79. The Morgan fingerprint density at radius 3 is 2.00 bits per heavy atom. The van der Waals surface area contributed by atoms with Crippen molar-refractivity contribution in [1.82, 2.24) is 0 Å². The van der Waals surface area contributed by atoms with E-state index in [1.165, 1.54) is 14.2 Å². The number of benzene rings is 1. The van der Waals surface area contributed by atoms with Gasteiger partial charge in [-0.25, -0.2) is 0 Å². The van der Waals surface area contributed by atoms with Crippen molar-refractivity contribution in [2.24, 2.45) is 0 Å². The lowest BCUT2D eigenvalue weighted by molar-refractivity contribution is 0.275. The average Bonchev–Trinajstić information content (AvgIpc) is 2.29. The first-order valence-corrected chi connectivity index (χ1v) is 6.70. The Morgan fingerprint density at radius 1 is 1.12 bits per heavy atom. The largest absolute Gasteiger partial charge is 0.378 e. The van der Waals surface area contributed by atoms with E-state index in [1.54, 1.807) is 0 Å². The first kappa shape index (κ1) is 13.2. The topological polar surface area (TPSA) is 38.8 Å². The van der Waals surface area contributed by atoms with E-state index in [0.29, 0.717) is 6.16 Å². The summed E-state index contributed by atoms with van der Waals surface area (Å²) in [5.41, 5.74) is 2.05. The minimum Gasteiger partial charge on any atom is -0.378 e. The second kappa shape index (κ2) is 5.48. The summed E-state index contributed by atoms with van der Waals surface area (Å²) < 4.78 is 21.7. The van der Waals surface area contributed by atoms with Gasteiger partial charge in [-0.1, -0.05) is 12.1 Å². The lowest BCUT2D eigenvalue weighted by atomic mass is 10.2. The normalized spacial score (nSPS) is 11.5. The van der Waals surface area contributed by atoms with E-state index in [0.717, 1.165) is 11.3 Å². The van der Waals surface area contributed by atoms with E-state index in [1.807, 2.05) is 43.3 Å². The SMILES string of the molecule is COP(=O)(Cc1ccc(N(C)C)cc1)OC. The fourth-order valence-electron chi connectivity index (χ4n) is 1.33. The van der Waals surface area contributed by atoms with Crippen molar-refractivity contribution in [3.05, 3.63) is 29.8 Å². The molecule has 0 unspecified atom stereocenters. The van der Waals surface area contributed by atoms with E-state index in [9.17, 15) is 4.57 Å². The summed E-state index contributed by atoms with van der Waals surface area (Å²) in [6.45, 7) is 0. The van der Waals surface area contributed by atoms with Gasteiger partial charge in [-0.3, -0.25) is 4.57 Å². The van der Waals surface area contributed by atoms with Crippen LogP contribution in [0.4, 0.5) is 5.69 Å². The molecule has 0 heterocycles. The first-order chi connectivity index (χ1) is 7.50. The standard InChI is InChI=1S/C11H18NO3P/c1-12(2)11-7-5-10(6-8-11)9-16(13,14-3)15-4/h5-8H,9H2,1-4H3. The highest BCUT2D eigenvalue weighted by atomic mass is 31.2. The molecule has 0 saturated heterocycles. The minimum atomic E-state index is -2.96. The number of nitrogens with zero attached hydrogens (tertiary/aromatic N) is 1. The summed E-state index contributed by atoms with van der Waals surface area (Å²) in [5, 5.41) is 0. The molecular weight excluding hydrogens is 225 g/mol. The van der Waals surface area contributed by atoms with Gasteiger partial charge in [-0.15, -0.1) is 0 Å². The van der Waals surface area contributed by atoms with Crippen LogP contribution in [0.15, 0.2) is 24.3 Å². The molecule has 0 aliphatic carbocycles. The van der Waals surface area contributed by atoms with Crippen molar-refractivity contribution in [3.63, 3.8) is 0 Å². The molecule has 0 spiro atoms. The zero-order valence-electron chi connectivity index (χ0n) is 10.1. The predicted molar refractivity (Wildman–Crippen MR) is 66.1 cm³/mol. The fraction of sp³-hybridized carbons (Fsp3) is 0.455. The second-order valence-corrected chi connectivity index (χ2v) is 5.96. The molecule has 90 valence electrons. The monoisotopic (exact) mass is 243 g/mol. The van der Waals surface area contributed by atoms with Crippen molar-refractivity contribution in [2.75, 3.05) is 33.2 Å². The third-order valence-electron chi connectivity index (χ3n) is 2.39. The van der Waals surface area contributed by atoms with Crippen LogP contribution in [0, 0.1) is 0 Å². The highest BCUT2D eigenvalue weighted by Crippen LogP contribution is 2.49.